The molecule has 1 nitrogen and oxygen atoms in total. The van der Waals surface area contributed by atoms with Crippen molar-refractivity contribution < 1.29 is 0 Å². The van der Waals surface area contributed by atoms with Gasteiger partial charge in [0.1, 0.15) is 0 Å². The molecule has 0 saturated heterocycles. The van der Waals surface area contributed by atoms with Crippen LogP contribution in [0.15, 0.2) is 48.6 Å². The Hall–Kier alpha value is -1.50. The van der Waals surface area contributed by atoms with Gasteiger partial charge in [0.05, 0.1) is 0 Å². The maximum atomic E-state index is 3.31. The number of allylic oxidation sites excluding steroid dienone is 2. The van der Waals surface area contributed by atoms with E-state index in [9.17, 15) is 0 Å². The number of hydrogen-bond donors (Lipinski definition) is 1. The van der Waals surface area contributed by atoms with Gasteiger partial charge in [0.25, 0.3) is 0 Å². The van der Waals surface area contributed by atoms with Crippen LogP contribution in [0.25, 0.3) is 5.70 Å². The minimum Gasteiger partial charge on any atom is -0.381 e. The largest absolute Gasteiger partial charge is 0.381 e. The number of nitrogens with one attached hydrogen (secondary N) is 1. The van der Waals surface area contributed by atoms with Gasteiger partial charge < -0.3 is 5.32 Å². The molecule has 1 N–H and O–H groups in total. The van der Waals surface area contributed by atoms with Gasteiger partial charge in [-0.05, 0) is 11.6 Å². The van der Waals surface area contributed by atoms with Crippen molar-refractivity contribution in [3.8, 4) is 0 Å². The van der Waals surface area contributed by atoms with Crippen molar-refractivity contribution >= 4 is 5.70 Å². The lowest BCUT2D eigenvalue weighted by molar-refractivity contribution is 0.996. The van der Waals surface area contributed by atoms with Gasteiger partial charge >= 0.3 is 0 Å². The van der Waals surface area contributed by atoms with Crippen molar-refractivity contribution in [1.82, 2.24) is 5.32 Å². The maximum absolute atomic E-state index is 3.31. The molecule has 0 fully saturated rings. The molecule has 1 aliphatic rings. The number of dihydropyridines is 1. The molecule has 0 spiro atoms. The van der Waals surface area contributed by atoms with E-state index in [-0.39, 0.29) is 0 Å². The average molecular weight is 187 g/mol. The highest BCUT2D eigenvalue weighted by molar-refractivity contribution is 5.66. The molecule has 0 saturated carbocycles. The monoisotopic (exact) mass is 187 g/mol. The molecule has 2 rings (SSSR count). The zero-order valence-electron chi connectivity index (χ0n) is 8.83. The zero-order chi connectivity index (χ0) is 10.2. The van der Waals surface area contributed by atoms with Crippen molar-refractivity contribution in [2.45, 2.75) is 13.8 Å². The highest BCUT2D eigenvalue weighted by Crippen LogP contribution is 2.12. The average Bonchev–Trinajstić information content (AvgIpc) is 2.34. The van der Waals surface area contributed by atoms with Crippen LogP contribution in [0.1, 0.15) is 19.4 Å². The zero-order valence-corrected chi connectivity index (χ0v) is 8.83. The van der Waals surface area contributed by atoms with Crippen LogP contribution < -0.4 is 5.32 Å². The fourth-order valence-corrected chi connectivity index (χ4v) is 1.28. The molecule has 0 amide bonds. The van der Waals surface area contributed by atoms with Gasteiger partial charge in [0.2, 0.25) is 0 Å². The van der Waals surface area contributed by atoms with E-state index >= 15 is 0 Å². The Morgan fingerprint density at radius 1 is 1.07 bits per heavy atom. The lowest BCUT2D eigenvalue weighted by Crippen LogP contribution is -2.13. The van der Waals surface area contributed by atoms with Gasteiger partial charge in [-0.3, -0.25) is 0 Å². The van der Waals surface area contributed by atoms with Crippen LogP contribution in [0.3, 0.4) is 0 Å². The van der Waals surface area contributed by atoms with E-state index in [0.717, 1.165) is 6.54 Å². The van der Waals surface area contributed by atoms with Crippen molar-refractivity contribution in [1.29, 1.82) is 0 Å². The minimum atomic E-state index is 0.931. The molecule has 74 valence electrons. The molecule has 1 heteroatoms. The van der Waals surface area contributed by atoms with E-state index < -0.39 is 0 Å². The second-order valence-corrected chi connectivity index (χ2v) is 2.76. The summed E-state index contributed by atoms with van der Waals surface area (Å²) in [5.74, 6) is 0. The molecule has 1 heterocycles. The Kier molecular flexibility index (Phi) is 4.56. The third kappa shape index (κ3) is 2.77. The fraction of sp³-hybridized carbons (Fsp3) is 0.231. The summed E-state index contributed by atoms with van der Waals surface area (Å²) < 4.78 is 0. The predicted molar refractivity (Wildman–Crippen MR) is 62.9 cm³/mol. The first-order chi connectivity index (χ1) is 6.97. The maximum Gasteiger partial charge on any atom is 0.0416 e. The molecular weight excluding hydrogens is 170 g/mol. The number of benzene rings is 1. The SMILES string of the molecule is C1=CCNC(c2ccccc2)=C1.CC. The molecule has 0 bridgehead atoms. The Morgan fingerprint density at radius 3 is 2.36 bits per heavy atom. The Balaban J connectivity index is 0.000000461. The normalized spacial score (nSPS) is 13.4. The highest BCUT2D eigenvalue weighted by Gasteiger charge is 1.99. The van der Waals surface area contributed by atoms with Crippen LogP contribution >= 0.6 is 0 Å². The first-order valence-corrected chi connectivity index (χ1v) is 5.13. The molecule has 1 aromatic rings. The summed E-state index contributed by atoms with van der Waals surface area (Å²) in [7, 11) is 0. The van der Waals surface area contributed by atoms with Crippen LogP contribution in [-0.2, 0) is 0 Å². The smallest absolute Gasteiger partial charge is 0.0416 e. The lowest BCUT2D eigenvalue weighted by Gasteiger charge is -2.11. The first kappa shape index (κ1) is 10.6. The van der Waals surface area contributed by atoms with E-state index in [4.69, 9.17) is 0 Å². The van der Waals surface area contributed by atoms with Crippen LogP contribution in [0.5, 0.6) is 0 Å². The van der Waals surface area contributed by atoms with Crippen LogP contribution in [0.2, 0.25) is 0 Å². The van der Waals surface area contributed by atoms with Gasteiger partial charge in [-0.15, -0.1) is 0 Å². The van der Waals surface area contributed by atoms with E-state index in [1.165, 1.54) is 11.3 Å². The summed E-state index contributed by atoms with van der Waals surface area (Å²) in [6, 6.07) is 10.4. The molecule has 1 aliphatic heterocycles. The fourth-order valence-electron chi connectivity index (χ4n) is 1.28. The second-order valence-electron chi connectivity index (χ2n) is 2.76. The van der Waals surface area contributed by atoms with E-state index in [1.807, 2.05) is 19.9 Å². The first-order valence-electron chi connectivity index (χ1n) is 5.13. The van der Waals surface area contributed by atoms with Crippen LogP contribution in [-0.4, -0.2) is 6.54 Å². The number of rotatable bonds is 1. The van der Waals surface area contributed by atoms with Crippen molar-refractivity contribution in [2.75, 3.05) is 6.54 Å². The van der Waals surface area contributed by atoms with E-state index in [2.05, 4.69) is 47.8 Å². The quantitative estimate of drug-likeness (QED) is 0.712. The van der Waals surface area contributed by atoms with Gasteiger partial charge in [0, 0.05) is 12.2 Å². The summed E-state index contributed by atoms with van der Waals surface area (Å²) in [6.45, 7) is 4.93. The topological polar surface area (TPSA) is 12.0 Å². The highest BCUT2D eigenvalue weighted by atomic mass is 14.9. The van der Waals surface area contributed by atoms with E-state index in [0.29, 0.717) is 0 Å². The summed E-state index contributed by atoms with van der Waals surface area (Å²) >= 11 is 0. The third-order valence-electron chi connectivity index (χ3n) is 1.89. The molecule has 0 aromatic heterocycles. The second kappa shape index (κ2) is 6.03. The van der Waals surface area contributed by atoms with Gasteiger partial charge in [0.15, 0.2) is 0 Å². The standard InChI is InChI=1S/C11H11N.C2H6/c1-2-6-10(7-3-1)11-8-4-5-9-12-11;1-2/h1-8,12H,9H2;1-2H3. The van der Waals surface area contributed by atoms with Gasteiger partial charge in [-0.25, -0.2) is 0 Å². The summed E-state index contributed by atoms with van der Waals surface area (Å²) in [5.41, 5.74) is 2.46. The molecule has 0 radical (unpaired) electrons. The number of hydrogen-bond acceptors (Lipinski definition) is 1. The molecule has 0 unspecified atom stereocenters. The van der Waals surface area contributed by atoms with Crippen molar-refractivity contribution in [3.05, 3.63) is 54.1 Å². The molecule has 0 atom stereocenters. The van der Waals surface area contributed by atoms with Crippen molar-refractivity contribution in [2.24, 2.45) is 0 Å². The Morgan fingerprint density at radius 2 is 1.79 bits per heavy atom. The molecule has 14 heavy (non-hydrogen) atoms. The Labute approximate surface area is 86.2 Å². The lowest BCUT2D eigenvalue weighted by atomic mass is 10.1. The van der Waals surface area contributed by atoms with Crippen LogP contribution in [0, 0.1) is 0 Å². The molecule has 0 aliphatic carbocycles. The van der Waals surface area contributed by atoms with Gasteiger partial charge in [-0.1, -0.05) is 56.3 Å². The summed E-state index contributed by atoms with van der Waals surface area (Å²) in [5, 5.41) is 3.31. The molecule has 1 aromatic carbocycles. The minimum absolute atomic E-state index is 0.931. The van der Waals surface area contributed by atoms with Crippen molar-refractivity contribution in [3.63, 3.8) is 0 Å². The third-order valence-corrected chi connectivity index (χ3v) is 1.89. The summed E-state index contributed by atoms with van der Waals surface area (Å²) in [4.78, 5) is 0. The molecular formula is C13H17N. The summed E-state index contributed by atoms with van der Waals surface area (Å²) in [6.07, 6.45) is 6.28. The van der Waals surface area contributed by atoms with Crippen LogP contribution in [0.4, 0.5) is 0 Å². The predicted octanol–water partition coefficient (Wildman–Crippen LogP) is 3.21. The van der Waals surface area contributed by atoms with E-state index in [1.54, 1.807) is 0 Å². The Bertz CT molecular complexity index is 309. The van der Waals surface area contributed by atoms with Gasteiger partial charge in [-0.2, -0.15) is 0 Å².